The molecule has 0 aliphatic heterocycles. The summed E-state index contributed by atoms with van der Waals surface area (Å²) in [4.78, 5) is 34.8. The van der Waals surface area contributed by atoms with Crippen molar-refractivity contribution < 1.29 is 19.1 Å². The van der Waals surface area contributed by atoms with Crippen LogP contribution in [0.15, 0.2) is 48.5 Å². The van der Waals surface area contributed by atoms with Crippen molar-refractivity contribution in [1.82, 2.24) is 10.6 Å². The van der Waals surface area contributed by atoms with Gasteiger partial charge in [-0.05, 0) is 42.3 Å². The second kappa shape index (κ2) is 9.96. The van der Waals surface area contributed by atoms with E-state index in [1.54, 1.807) is 42.5 Å². The van der Waals surface area contributed by atoms with E-state index in [0.29, 0.717) is 30.0 Å². The van der Waals surface area contributed by atoms with Crippen LogP contribution in [0.1, 0.15) is 39.6 Å². The van der Waals surface area contributed by atoms with E-state index in [4.69, 9.17) is 10.5 Å². The number of primary amides is 1. The van der Waals surface area contributed by atoms with Gasteiger partial charge in [-0.25, -0.2) is 0 Å². The highest BCUT2D eigenvalue weighted by atomic mass is 16.5. The number of nitrogens with one attached hydrogen (secondary N) is 2. The highest BCUT2D eigenvalue weighted by Gasteiger charge is 2.08. The van der Waals surface area contributed by atoms with E-state index in [0.717, 1.165) is 12.0 Å². The molecule has 0 spiro atoms. The van der Waals surface area contributed by atoms with Gasteiger partial charge in [0.25, 0.3) is 11.8 Å². The largest absolute Gasteiger partial charge is 0.494 e. The van der Waals surface area contributed by atoms with Crippen molar-refractivity contribution in [2.45, 2.75) is 19.9 Å². The molecule has 2 aromatic rings. The second-order valence-corrected chi connectivity index (χ2v) is 5.90. The average Bonchev–Trinajstić information content (AvgIpc) is 2.69. The number of nitrogens with two attached hydrogens (primary N) is 1. The van der Waals surface area contributed by atoms with Crippen LogP contribution in [0.25, 0.3) is 0 Å². The maximum Gasteiger partial charge on any atom is 0.251 e. The van der Waals surface area contributed by atoms with Crippen LogP contribution < -0.4 is 21.1 Å². The lowest BCUT2D eigenvalue weighted by molar-refractivity contribution is -0.117. The Balaban J connectivity index is 1.89. The minimum Gasteiger partial charge on any atom is -0.494 e. The van der Waals surface area contributed by atoms with Crippen LogP contribution in [-0.4, -0.2) is 30.9 Å². The molecule has 0 atom stereocenters. The second-order valence-electron chi connectivity index (χ2n) is 5.90. The number of carbonyl (C=O) groups is 3. The van der Waals surface area contributed by atoms with E-state index in [-0.39, 0.29) is 18.4 Å². The predicted octanol–water partition coefficient (Wildman–Crippen LogP) is 1.62. The van der Waals surface area contributed by atoms with Gasteiger partial charge in [-0.3, -0.25) is 14.4 Å². The number of ether oxygens (including phenoxy) is 1. The first-order chi connectivity index (χ1) is 13.0. The van der Waals surface area contributed by atoms with Crippen molar-refractivity contribution in [2.75, 3.05) is 13.2 Å². The number of carbonyl (C=O) groups excluding carboxylic acids is 3. The molecule has 4 N–H and O–H groups in total. The van der Waals surface area contributed by atoms with E-state index in [1.807, 2.05) is 13.0 Å². The van der Waals surface area contributed by atoms with Crippen LogP contribution >= 0.6 is 0 Å². The fraction of sp³-hybridized carbons (Fsp3) is 0.250. The molecule has 0 aliphatic carbocycles. The molecule has 2 aromatic carbocycles. The third kappa shape index (κ3) is 6.47. The lowest BCUT2D eigenvalue weighted by Crippen LogP contribution is -2.33. The van der Waals surface area contributed by atoms with Crippen molar-refractivity contribution >= 4 is 17.7 Å². The van der Waals surface area contributed by atoms with Gasteiger partial charge in [0, 0.05) is 17.7 Å². The third-order valence-electron chi connectivity index (χ3n) is 3.66. The summed E-state index contributed by atoms with van der Waals surface area (Å²) >= 11 is 0. The Labute approximate surface area is 157 Å². The quantitative estimate of drug-likeness (QED) is 0.624. The van der Waals surface area contributed by atoms with Crippen molar-refractivity contribution in [3.8, 4) is 5.75 Å². The van der Waals surface area contributed by atoms with E-state index >= 15 is 0 Å². The Morgan fingerprint density at radius 1 is 0.963 bits per heavy atom. The molecule has 3 amide bonds. The van der Waals surface area contributed by atoms with Gasteiger partial charge in [0.2, 0.25) is 5.91 Å². The molecule has 0 aromatic heterocycles. The Hall–Kier alpha value is -3.35. The van der Waals surface area contributed by atoms with Gasteiger partial charge in [0.05, 0.1) is 13.2 Å². The minimum atomic E-state index is -0.605. The molecule has 0 aliphatic rings. The molecule has 0 fully saturated rings. The van der Waals surface area contributed by atoms with Crippen molar-refractivity contribution in [2.24, 2.45) is 5.73 Å². The van der Waals surface area contributed by atoms with E-state index < -0.39 is 5.91 Å². The summed E-state index contributed by atoms with van der Waals surface area (Å²) in [5, 5.41) is 5.25. The topological polar surface area (TPSA) is 111 Å². The third-order valence-corrected chi connectivity index (χ3v) is 3.66. The van der Waals surface area contributed by atoms with Gasteiger partial charge in [0.15, 0.2) is 0 Å². The number of rotatable bonds is 9. The Morgan fingerprint density at radius 3 is 2.33 bits per heavy atom. The van der Waals surface area contributed by atoms with Gasteiger partial charge in [-0.2, -0.15) is 0 Å². The predicted molar refractivity (Wildman–Crippen MR) is 101 cm³/mol. The monoisotopic (exact) mass is 369 g/mol. The van der Waals surface area contributed by atoms with Crippen LogP contribution in [0.3, 0.4) is 0 Å². The molecule has 0 heterocycles. The SMILES string of the molecule is CCCOc1cccc(C(=O)NCc2ccc(C(=O)NCC(N)=O)cc2)c1. The molecular formula is C20H23N3O4. The first-order valence-electron chi connectivity index (χ1n) is 8.66. The summed E-state index contributed by atoms with van der Waals surface area (Å²) < 4.78 is 5.53. The standard InChI is InChI=1S/C20H23N3O4/c1-2-10-27-17-5-3-4-16(11-17)20(26)22-12-14-6-8-15(9-7-14)19(25)23-13-18(21)24/h3-9,11H,2,10,12-13H2,1H3,(H2,21,24)(H,22,26)(H,23,25). The summed E-state index contributed by atoms with van der Waals surface area (Å²) in [7, 11) is 0. The molecule has 0 saturated heterocycles. The maximum absolute atomic E-state index is 12.3. The lowest BCUT2D eigenvalue weighted by Gasteiger charge is -2.09. The molecule has 0 unspecified atom stereocenters. The first-order valence-corrected chi connectivity index (χ1v) is 8.66. The van der Waals surface area contributed by atoms with E-state index in [1.165, 1.54) is 0 Å². The van der Waals surface area contributed by atoms with Crippen LogP contribution in [0, 0.1) is 0 Å². The van der Waals surface area contributed by atoms with Gasteiger partial charge >= 0.3 is 0 Å². The normalized spacial score (nSPS) is 10.1. The number of hydrogen-bond acceptors (Lipinski definition) is 4. The smallest absolute Gasteiger partial charge is 0.251 e. The molecule has 0 saturated carbocycles. The summed E-state index contributed by atoms with van der Waals surface area (Å²) in [6, 6.07) is 13.7. The zero-order valence-corrected chi connectivity index (χ0v) is 15.2. The lowest BCUT2D eigenvalue weighted by atomic mass is 10.1. The highest BCUT2D eigenvalue weighted by Crippen LogP contribution is 2.14. The maximum atomic E-state index is 12.3. The molecule has 2 rings (SSSR count). The fourth-order valence-corrected chi connectivity index (χ4v) is 2.27. The van der Waals surface area contributed by atoms with Crippen molar-refractivity contribution in [3.63, 3.8) is 0 Å². The summed E-state index contributed by atoms with van der Waals surface area (Å²) in [6.45, 7) is 2.73. The Kier molecular flexibility index (Phi) is 7.37. The average molecular weight is 369 g/mol. The summed E-state index contributed by atoms with van der Waals surface area (Å²) in [5.41, 5.74) is 6.76. The summed E-state index contributed by atoms with van der Waals surface area (Å²) in [6.07, 6.45) is 0.896. The zero-order valence-electron chi connectivity index (χ0n) is 15.2. The van der Waals surface area contributed by atoms with Gasteiger partial charge in [0.1, 0.15) is 5.75 Å². The Bertz CT molecular complexity index is 803. The van der Waals surface area contributed by atoms with Crippen LogP contribution in [-0.2, 0) is 11.3 Å². The van der Waals surface area contributed by atoms with Crippen molar-refractivity contribution in [3.05, 3.63) is 65.2 Å². The van der Waals surface area contributed by atoms with Crippen LogP contribution in [0.5, 0.6) is 5.75 Å². The van der Waals surface area contributed by atoms with Gasteiger partial charge in [-0.1, -0.05) is 25.1 Å². The van der Waals surface area contributed by atoms with E-state index in [2.05, 4.69) is 10.6 Å². The van der Waals surface area contributed by atoms with Crippen molar-refractivity contribution in [1.29, 1.82) is 0 Å². The van der Waals surface area contributed by atoms with E-state index in [9.17, 15) is 14.4 Å². The van der Waals surface area contributed by atoms with Gasteiger partial charge in [-0.15, -0.1) is 0 Å². The minimum absolute atomic E-state index is 0.208. The summed E-state index contributed by atoms with van der Waals surface area (Å²) in [5.74, 6) is -0.531. The molecule has 27 heavy (non-hydrogen) atoms. The molecule has 0 radical (unpaired) electrons. The molecular weight excluding hydrogens is 346 g/mol. The number of amides is 3. The molecule has 0 bridgehead atoms. The number of hydrogen-bond donors (Lipinski definition) is 3. The first kappa shape index (κ1) is 20.0. The highest BCUT2D eigenvalue weighted by molar-refractivity contribution is 5.96. The molecule has 142 valence electrons. The number of benzene rings is 2. The molecule has 7 nitrogen and oxygen atoms in total. The zero-order chi connectivity index (χ0) is 19.6. The molecule has 7 heteroatoms. The Morgan fingerprint density at radius 2 is 1.67 bits per heavy atom. The van der Waals surface area contributed by atoms with Crippen LogP contribution in [0.2, 0.25) is 0 Å². The van der Waals surface area contributed by atoms with Crippen LogP contribution in [0.4, 0.5) is 0 Å². The fourth-order valence-electron chi connectivity index (χ4n) is 2.27. The van der Waals surface area contributed by atoms with Gasteiger partial charge < -0.3 is 21.1 Å².